The van der Waals surface area contributed by atoms with Gasteiger partial charge in [-0.25, -0.2) is 4.98 Å². The Labute approximate surface area is 84.4 Å². The van der Waals surface area contributed by atoms with Crippen LogP contribution in [-0.4, -0.2) is 15.0 Å². The molecule has 3 nitrogen and oxygen atoms in total. The van der Waals surface area contributed by atoms with Crippen LogP contribution in [0.15, 0.2) is 35.5 Å². The van der Waals surface area contributed by atoms with Gasteiger partial charge in [-0.3, -0.25) is 4.98 Å². The highest BCUT2D eigenvalue weighted by Gasteiger charge is 2.02. The highest BCUT2D eigenvalue weighted by Crippen LogP contribution is 2.14. The highest BCUT2D eigenvalue weighted by molar-refractivity contribution is 9.10. The Kier molecular flexibility index (Phi) is 2.40. The Bertz CT molecular complexity index is 383. The van der Waals surface area contributed by atoms with E-state index in [1.54, 1.807) is 18.7 Å². The van der Waals surface area contributed by atoms with E-state index in [2.05, 4.69) is 30.9 Å². The van der Waals surface area contributed by atoms with Crippen molar-refractivity contribution in [3.8, 4) is 0 Å². The summed E-state index contributed by atoms with van der Waals surface area (Å²) in [5, 5.41) is 0. The fourth-order valence-corrected chi connectivity index (χ4v) is 1.49. The molecule has 0 saturated carbocycles. The second kappa shape index (κ2) is 3.70. The molecule has 0 aromatic carbocycles. The molecule has 0 unspecified atom stereocenters. The Morgan fingerprint density at radius 1 is 1.31 bits per heavy atom. The third kappa shape index (κ3) is 1.95. The van der Waals surface area contributed by atoms with Crippen molar-refractivity contribution in [1.29, 1.82) is 0 Å². The Hall–Kier alpha value is -1.16. The van der Waals surface area contributed by atoms with Gasteiger partial charge in [-0.05, 0) is 33.6 Å². The molecule has 0 radical (unpaired) electrons. The van der Waals surface area contributed by atoms with Crippen LogP contribution in [0.2, 0.25) is 0 Å². The van der Waals surface area contributed by atoms with E-state index >= 15 is 0 Å². The molecule has 0 spiro atoms. The largest absolute Gasteiger partial charge is 0.347 e. The van der Waals surface area contributed by atoms with Crippen molar-refractivity contribution in [3.63, 3.8) is 0 Å². The van der Waals surface area contributed by atoms with Crippen molar-refractivity contribution in [3.05, 3.63) is 46.7 Å². The van der Waals surface area contributed by atoms with E-state index in [0.717, 1.165) is 16.7 Å². The fraction of sp³-hybridized carbons (Fsp3) is 0.111. The minimum atomic E-state index is 0.850. The number of aromatic nitrogens is 3. The SMILES string of the molecule is Brc1nc[nH]c1Cc1ccncc1. The average molecular weight is 238 g/mol. The zero-order valence-corrected chi connectivity index (χ0v) is 8.45. The molecule has 0 saturated heterocycles. The standard InChI is InChI=1S/C9H8BrN3/c10-9-8(12-6-13-9)5-7-1-3-11-4-2-7/h1-4,6H,5H2,(H,12,13). The first-order valence-corrected chi connectivity index (χ1v) is 4.72. The summed E-state index contributed by atoms with van der Waals surface area (Å²) in [6.07, 6.45) is 6.11. The molecule has 0 fully saturated rings. The van der Waals surface area contributed by atoms with Crippen LogP contribution < -0.4 is 0 Å². The molecule has 2 aromatic heterocycles. The van der Waals surface area contributed by atoms with Gasteiger partial charge in [0.1, 0.15) is 4.60 Å². The van der Waals surface area contributed by atoms with Gasteiger partial charge >= 0.3 is 0 Å². The second-order valence-corrected chi connectivity index (χ2v) is 3.46. The van der Waals surface area contributed by atoms with Gasteiger partial charge < -0.3 is 4.98 Å². The van der Waals surface area contributed by atoms with Crippen molar-refractivity contribution < 1.29 is 0 Å². The smallest absolute Gasteiger partial charge is 0.127 e. The van der Waals surface area contributed by atoms with Crippen LogP contribution in [0.4, 0.5) is 0 Å². The third-order valence-corrected chi connectivity index (χ3v) is 2.48. The number of halogens is 1. The quantitative estimate of drug-likeness (QED) is 0.870. The lowest BCUT2D eigenvalue weighted by Crippen LogP contribution is -1.89. The molecular weight excluding hydrogens is 230 g/mol. The number of nitrogens with zero attached hydrogens (tertiary/aromatic N) is 2. The average Bonchev–Trinajstić information content (AvgIpc) is 2.54. The molecule has 2 heterocycles. The van der Waals surface area contributed by atoms with E-state index in [1.165, 1.54) is 5.56 Å². The van der Waals surface area contributed by atoms with Gasteiger partial charge in [0.15, 0.2) is 0 Å². The minimum absolute atomic E-state index is 0.850. The lowest BCUT2D eigenvalue weighted by atomic mass is 10.2. The van der Waals surface area contributed by atoms with Crippen LogP contribution in [-0.2, 0) is 6.42 Å². The number of nitrogens with one attached hydrogen (secondary N) is 1. The minimum Gasteiger partial charge on any atom is -0.347 e. The summed E-state index contributed by atoms with van der Waals surface area (Å²) in [7, 11) is 0. The van der Waals surface area contributed by atoms with Crippen molar-refractivity contribution in [1.82, 2.24) is 15.0 Å². The van der Waals surface area contributed by atoms with E-state index in [0.29, 0.717) is 0 Å². The van der Waals surface area contributed by atoms with Gasteiger partial charge in [-0.2, -0.15) is 0 Å². The molecular formula is C9H8BrN3. The Morgan fingerprint density at radius 3 is 2.69 bits per heavy atom. The monoisotopic (exact) mass is 237 g/mol. The van der Waals surface area contributed by atoms with Gasteiger partial charge in [0, 0.05) is 18.8 Å². The maximum absolute atomic E-state index is 4.06. The van der Waals surface area contributed by atoms with Crippen LogP contribution in [0.3, 0.4) is 0 Å². The van der Waals surface area contributed by atoms with Gasteiger partial charge in [-0.15, -0.1) is 0 Å². The van der Waals surface area contributed by atoms with Crippen LogP contribution >= 0.6 is 15.9 Å². The molecule has 66 valence electrons. The van der Waals surface area contributed by atoms with E-state index in [4.69, 9.17) is 0 Å². The molecule has 0 amide bonds. The van der Waals surface area contributed by atoms with E-state index in [-0.39, 0.29) is 0 Å². The van der Waals surface area contributed by atoms with Gasteiger partial charge in [0.2, 0.25) is 0 Å². The molecule has 0 aliphatic heterocycles. The number of pyridine rings is 1. The van der Waals surface area contributed by atoms with Crippen LogP contribution in [0.1, 0.15) is 11.3 Å². The summed E-state index contributed by atoms with van der Waals surface area (Å²) in [5.41, 5.74) is 2.31. The van der Waals surface area contributed by atoms with Crippen molar-refractivity contribution in [2.24, 2.45) is 0 Å². The topological polar surface area (TPSA) is 41.6 Å². The normalized spacial score (nSPS) is 10.2. The highest BCUT2D eigenvalue weighted by atomic mass is 79.9. The first-order chi connectivity index (χ1) is 6.36. The number of rotatable bonds is 2. The number of aromatic amines is 1. The zero-order chi connectivity index (χ0) is 9.10. The van der Waals surface area contributed by atoms with E-state index in [9.17, 15) is 0 Å². The molecule has 2 rings (SSSR count). The lowest BCUT2D eigenvalue weighted by molar-refractivity contribution is 1.08. The summed E-state index contributed by atoms with van der Waals surface area (Å²) in [6, 6.07) is 3.99. The van der Waals surface area contributed by atoms with Crippen molar-refractivity contribution in [2.45, 2.75) is 6.42 Å². The van der Waals surface area contributed by atoms with Crippen LogP contribution in [0.25, 0.3) is 0 Å². The third-order valence-electron chi connectivity index (χ3n) is 1.80. The first-order valence-electron chi connectivity index (χ1n) is 3.93. The molecule has 4 heteroatoms. The van der Waals surface area contributed by atoms with Gasteiger partial charge in [0.25, 0.3) is 0 Å². The van der Waals surface area contributed by atoms with E-state index in [1.807, 2.05) is 12.1 Å². The van der Waals surface area contributed by atoms with Gasteiger partial charge in [0.05, 0.1) is 12.0 Å². The number of imidazole rings is 1. The number of hydrogen-bond donors (Lipinski definition) is 1. The van der Waals surface area contributed by atoms with Crippen molar-refractivity contribution in [2.75, 3.05) is 0 Å². The molecule has 13 heavy (non-hydrogen) atoms. The fourth-order valence-electron chi connectivity index (χ4n) is 1.13. The number of hydrogen-bond acceptors (Lipinski definition) is 2. The molecule has 0 aliphatic rings. The maximum Gasteiger partial charge on any atom is 0.127 e. The molecule has 2 aromatic rings. The first kappa shape index (κ1) is 8.44. The summed E-state index contributed by atoms with van der Waals surface area (Å²) < 4.78 is 0.879. The zero-order valence-electron chi connectivity index (χ0n) is 6.87. The van der Waals surface area contributed by atoms with Gasteiger partial charge in [-0.1, -0.05) is 0 Å². The molecule has 0 bridgehead atoms. The van der Waals surface area contributed by atoms with Crippen LogP contribution in [0.5, 0.6) is 0 Å². The predicted molar refractivity (Wildman–Crippen MR) is 53.3 cm³/mol. The summed E-state index contributed by atoms with van der Waals surface area (Å²) in [5.74, 6) is 0. The second-order valence-electron chi connectivity index (χ2n) is 2.70. The summed E-state index contributed by atoms with van der Waals surface area (Å²) in [4.78, 5) is 11.1. The van der Waals surface area contributed by atoms with Crippen LogP contribution in [0, 0.1) is 0 Å². The summed E-state index contributed by atoms with van der Waals surface area (Å²) >= 11 is 3.37. The number of H-pyrrole nitrogens is 1. The molecule has 1 N–H and O–H groups in total. The van der Waals surface area contributed by atoms with Crippen molar-refractivity contribution >= 4 is 15.9 Å². The maximum atomic E-state index is 4.06. The molecule has 0 atom stereocenters. The Morgan fingerprint density at radius 2 is 2.08 bits per heavy atom. The summed E-state index contributed by atoms with van der Waals surface area (Å²) in [6.45, 7) is 0. The van der Waals surface area contributed by atoms with E-state index < -0.39 is 0 Å². The predicted octanol–water partition coefficient (Wildman–Crippen LogP) is 2.16. The Balaban J connectivity index is 2.20. The molecule has 0 aliphatic carbocycles. The lowest BCUT2D eigenvalue weighted by Gasteiger charge is -1.97.